The van der Waals surface area contributed by atoms with Gasteiger partial charge in [-0.15, -0.1) is 0 Å². The Morgan fingerprint density at radius 1 is 0.762 bits per heavy atom. The molecule has 3 aromatic rings. The minimum Gasteiger partial charge on any atom is -0.512 e. The fourth-order valence-corrected chi connectivity index (χ4v) is 6.39. The molecular weight excluding hydrogens is 526 g/mol. The van der Waals surface area contributed by atoms with Crippen molar-refractivity contribution in [1.29, 1.82) is 0 Å². The number of benzene rings is 3. The summed E-state index contributed by atoms with van der Waals surface area (Å²) in [6.45, 7) is 2.45. The second-order valence-corrected chi connectivity index (χ2v) is 11.4. The molecule has 3 atom stereocenters. The van der Waals surface area contributed by atoms with Crippen LogP contribution in [0, 0.1) is 5.92 Å². The van der Waals surface area contributed by atoms with E-state index in [0.29, 0.717) is 44.4 Å². The van der Waals surface area contributed by atoms with E-state index in [4.69, 9.17) is 14.2 Å². The maximum Gasteiger partial charge on any atom is 0.416 e. The SMILES string of the molecule is O=C(Oc1ccccc1)N1[C@H](CCCOCc2ccccc2)CC(O)=C2[C@H](CCCOCc3ccccc3)CCC[C@@H]21. The van der Waals surface area contributed by atoms with E-state index in [2.05, 4.69) is 24.3 Å². The second-order valence-electron chi connectivity index (χ2n) is 11.4. The lowest BCUT2D eigenvalue weighted by atomic mass is 9.74. The Morgan fingerprint density at radius 3 is 1.95 bits per heavy atom. The number of para-hydroxylation sites is 1. The van der Waals surface area contributed by atoms with Crippen LogP contribution < -0.4 is 4.74 Å². The van der Waals surface area contributed by atoms with Crippen molar-refractivity contribution in [2.45, 2.75) is 76.7 Å². The number of carbonyl (C=O) groups excluding carboxylic acids is 1. The summed E-state index contributed by atoms with van der Waals surface area (Å²) in [7, 11) is 0. The zero-order valence-corrected chi connectivity index (χ0v) is 24.4. The first-order valence-electron chi connectivity index (χ1n) is 15.4. The summed E-state index contributed by atoms with van der Waals surface area (Å²) in [5.41, 5.74) is 3.35. The molecule has 1 amide bonds. The maximum atomic E-state index is 13.7. The van der Waals surface area contributed by atoms with Gasteiger partial charge in [-0.2, -0.15) is 0 Å². The van der Waals surface area contributed by atoms with Gasteiger partial charge in [0.05, 0.1) is 25.0 Å². The van der Waals surface area contributed by atoms with Crippen molar-refractivity contribution in [3.63, 3.8) is 0 Å². The van der Waals surface area contributed by atoms with E-state index in [0.717, 1.165) is 56.1 Å². The predicted octanol–water partition coefficient (Wildman–Crippen LogP) is 8.23. The minimum absolute atomic E-state index is 0.136. The second kappa shape index (κ2) is 15.6. The molecule has 0 saturated heterocycles. The zero-order valence-electron chi connectivity index (χ0n) is 24.4. The molecule has 0 bridgehead atoms. The highest BCUT2D eigenvalue weighted by Crippen LogP contribution is 2.43. The molecule has 5 rings (SSSR count). The first-order chi connectivity index (χ1) is 20.7. The molecule has 0 unspecified atom stereocenters. The van der Waals surface area contributed by atoms with Crippen LogP contribution in [0.15, 0.2) is 102 Å². The van der Waals surface area contributed by atoms with Gasteiger partial charge >= 0.3 is 6.09 Å². The summed E-state index contributed by atoms with van der Waals surface area (Å²) < 4.78 is 17.7. The van der Waals surface area contributed by atoms with Gasteiger partial charge in [-0.25, -0.2) is 4.79 Å². The Balaban J connectivity index is 1.21. The van der Waals surface area contributed by atoms with Crippen molar-refractivity contribution in [3.05, 3.63) is 113 Å². The summed E-state index contributed by atoms with van der Waals surface area (Å²) in [6, 6.07) is 29.3. The highest BCUT2D eigenvalue weighted by molar-refractivity contribution is 5.72. The molecule has 1 saturated carbocycles. The van der Waals surface area contributed by atoms with Gasteiger partial charge in [0.1, 0.15) is 5.75 Å². The van der Waals surface area contributed by atoms with Crippen molar-refractivity contribution >= 4 is 6.09 Å². The fraction of sp³-hybridized carbons (Fsp3) is 0.417. The molecule has 0 aromatic heterocycles. The highest BCUT2D eigenvalue weighted by Gasteiger charge is 2.43. The van der Waals surface area contributed by atoms with E-state index in [1.54, 1.807) is 0 Å². The lowest BCUT2D eigenvalue weighted by molar-refractivity contribution is 0.0647. The van der Waals surface area contributed by atoms with Crippen LogP contribution in [-0.4, -0.2) is 41.4 Å². The topological polar surface area (TPSA) is 68.2 Å². The zero-order chi connectivity index (χ0) is 29.0. The Bertz CT molecular complexity index is 1260. The van der Waals surface area contributed by atoms with Gasteiger partial charge < -0.3 is 19.3 Å². The van der Waals surface area contributed by atoms with Crippen molar-refractivity contribution in [1.82, 2.24) is 4.90 Å². The average molecular weight is 570 g/mol. The number of rotatable bonds is 13. The van der Waals surface area contributed by atoms with Crippen LogP contribution in [-0.2, 0) is 22.7 Å². The number of amides is 1. The van der Waals surface area contributed by atoms with Crippen molar-refractivity contribution in [2.75, 3.05) is 13.2 Å². The smallest absolute Gasteiger partial charge is 0.416 e. The summed E-state index contributed by atoms with van der Waals surface area (Å²) in [4.78, 5) is 15.6. The first-order valence-corrected chi connectivity index (χ1v) is 15.4. The Kier molecular flexibility index (Phi) is 11.1. The summed E-state index contributed by atoms with van der Waals surface area (Å²) in [6.07, 6.45) is 6.38. The quantitative estimate of drug-likeness (QED) is 0.210. The summed E-state index contributed by atoms with van der Waals surface area (Å²) >= 11 is 0. The molecule has 222 valence electrons. The normalized spacial score (nSPS) is 20.3. The van der Waals surface area contributed by atoms with Gasteiger partial charge in [0.25, 0.3) is 0 Å². The van der Waals surface area contributed by atoms with Crippen LogP contribution in [0.25, 0.3) is 0 Å². The summed E-state index contributed by atoms with van der Waals surface area (Å²) in [5, 5.41) is 11.4. The van der Waals surface area contributed by atoms with Crippen LogP contribution >= 0.6 is 0 Å². The van der Waals surface area contributed by atoms with E-state index in [1.165, 1.54) is 5.56 Å². The average Bonchev–Trinajstić information content (AvgIpc) is 3.02. The standard InChI is InChI=1S/C36H43NO5/c38-34-25-31(19-12-24-41-27-29-15-6-2-7-16-29)37(36(39)42-32-20-8-3-9-21-32)33-22-10-17-30(35(33)34)18-11-23-40-26-28-13-4-1-5-14-28/h1-9,13-16,20-21,30-31,33,38H,10-12,17-19,22-27H2/t30-,31+,33-/m0/s1. The molecule has 6 heteroatoms. The van der Waals surface area contributed by atoms with Crippen molar-refractivity contribution in [2.24, 2.45) is 5.92 Å². The molecule has 1 heterocycles. The molecular formula is C36H43NO5. The summed E-state index contributed by atoms with van der Waals surface area (Å²) in [5.74, 6) is 1.25. The third-order valence-electron chi connectivity index (χ3n) is 8.37. The maximum absolute atomic E-state index is 13.7. The highest BCUT2D eigenvalue weighted by atomic mass is 16.6. The number of carbonyl (C=O) groups is 1. The van der Waals surface area contributed by atoms with Gasteiger partial charge in [0.15, 0.2) is 0 Å². The number of hydrogen-bond donors (Lipinski definition) is 1. The van der Waals surface area contributed by atoms with Gasteiger partial charge in [0.2, 0.25) is 0 Å². The predicted molar refractivity (Wildman–Crippen MR) is 164 cm³/mol. The molecule has 3 aromatic carbocycles. The number of aliphatic hydroxyl groups excluding tert-OH is 1. The lowest BCUT2D eigenvalue weighted by Gasteiger charge is -2.47. The van der Waals surface area contributed by atoms with E-state index >= 15 is 0 Å². The van der Waals surface area contributed by atoms with Crippen LogP contribution in [0.3, 0.4) is 0 Å². The Morgan fingerprint density at radius 2 is 1.33 bits per heavy atom. The van der Waals surface area contributed by atoms with Crippen molar-refractivity contribution < 1.29 is 24.1 Å². The molecule has 2 aliphatic rings. The van der Waals surface area contributed by atoms with Crippen LogP contribution in [0.1, 0.15) is 62.5 Å². The van der Waals surface area contributed by atoms with E-state index < -0.39 is 0 Å². The molecule has 1 aliphatic heterocycles. The third kappa shape index (κ3) is 8.24. The van der Waals surface area contributed by atoms with Crippen LogP contribution in [0.2, 0.25) is 0 Å². The minimum atomic E-state index is -0.335. The van der Waals surface area contributed by atoms with Gasteiger partial charge in [0, 0.05) is 25.7 Å². The lowest BCUT2D eigenvalue weighted by Crippen LogP contribution is -2.54. The largest absolute Gasteiger partial charge is 0.512 e. The Labute approximate surface area is 249 Å². The molecule has 1 aliphatic carbocycles. The molecule has 1 N–H and O–H groups in total. The Hall–Kier alpha value is -3.61. The molecule has 0 spiro atoms. The number of hydrogen-bond acceptors (Lipinski definition) is 5. The molecule has 0 radical (unpaired) electrons. The van der Waals surface area contributed by atoms with E-state index in [9.17, 15) is 9.90 Å². The fourth-order valence-electron chi connectivity index (χ4n) is 6.39. The van der Waals surface area contributed by atoms with Crippen LogP contribution in [0.5, 0.6) is 5.75 Å². The van der Waals surface area contributed by atoms with E-state index in [-0.39, 0.29) is 24.1 Å². The molecule has 1 fully saturated rings. The van der Waals surface area contributed by atoms with Gasteiger partial charge in [-0.05, 0) is 73.3 Å². The number of ether oxygens (including phenoxy) is 3. The van der Waals surface area contributed by atoms with Gasteiger partial charge in [-0.3, -0.25) is 4.90 Å². The first kappa shape index (κ1) is 29.9. The molecule has 6 nitrogen and oxygen atoms in total. The monoisotopic (exact) mass is 569 g/mol. The van der Waals surface area contributed by atoms with Crippen LogP contribution in [0.4, 0.5) is 4.79 Å². The van der Waals surface area contributed by atoms with E-state index in [1.807, 2.05) is 71.6 Å². The van der Waals surface area contributed by atoms with Gasteiger partial charge in [-0.1, -0.05) is 85.3 Å². The third-order valence-corrected chi connectivity index (χ3v) is 8.37. The number of nitrogens with zero attached hydrogens (tertiary/aromatic N) is 1. The number of aliphatic hydroxyl groups is 1. The van der Waals surface area contributed by atoms with Crippen molar-refractivity contribution in [3.8, 4) is 5.75 Å². The number of fused-ring (bicyclic) bond motifs is 1. The molecule has 42 heavy (non-hydrogen) atoms.